The van der Waals surface area contributed by atoms with Crippen molar-refractivity contribution in [2.45, 2.75) is 12.8 Å². The first-order valence-electron chi connectivity index (χ1n) is 8.41. The molecule has 0 spiro atoms. The van der Waals surface area contributed by atoms with E-state index in [0.717, 1.165) is 5.56 Å². The number of Topliss-reactive ketones (excluding diaryl/α,β-unsaturated/α-hetero) is 1. The minimum Gasteiger partial charge on any atom is -0.299 e. The van der Waals surface area contributed by atoms with Gasteiger partial charge in [0.05, 0.1) is 5.92 Å². The number of pyridine rings is 1. The van der Waals surface area contributed by atoms with E-state index in [1.165, 1.54) is 31.2 Å². The molecule has 0 aliphatic carbocycles. The van der Waals surface area contributed by atoms with Crippen LogP contribution < -0.4 is 0 Å². The van der Waals surface area contributed by atoms with E-state index in [1.54, 1.807) is 42.7 Å². The van der Waals surface area contributed by atoms with Crippen molar-refractivity contribution in [1.82, 2.24) is 4.98 Å². The fourth-order valence-corrected chi connectivity index (χ4v) is 3.11. The number of carbonyl (C=O) groups is 2. The molecule has 1 unspecified atom stereocenters. The molecule has 0 saturated heterocycles. The van der Waals surface area contributed by atoms with E-state index in [9.17, 15) is 14.0 Å². The van der Waals surface area contributed by atoms with E-state index in [1.807, 2.05) is 0 Å². The van der Waals surface area contributed by atoms with E-state index in [0.29, 0.717) is 16.7 Å². The van der Waals surface area contributed by atoms with Crippen LogP contribution in [0, 0.1) is 5.82 Å². The first kappa shape index (κ1) is 18.9. The number of halogens is 1. The number of nitrogens with zero attached hydrogens (tertiary/aromatic N) is 4. The van der Waals surface area contributed by atoms with Crippen LogP contribution in [0.15, 0.2) is 72.1 Å². The highest BCUT2D eigenvalue weighted by Gasteiger charge is 2.22. The monoisotopic (exact) mass is 374 g/mol. The molecule has 1 atom stereocenters. The predicted octanol–water partition coefficient (Wildman–Crippen LogP) is 5.06. The van der Waals surface area contributed by atoms with Crippen LogP contribution in [0.2, 0.25) is 0 Å². The summed E-state index contributed by atoms with van der Waals surface area (Å²) in [5.74, 6) is -1.89. The molecule has 0 radical (unpaired) electrons. The molecular formula is C21H15FN4O2. The minimum atomic E-state index is -0.777. The lowest BCUT2D eigenvalue weighted by atomic mass is 9.86. The van der Waals surface area contributed by atoms with Crippen molar-refractivity contribution in [3.8, 4) is 11.1 Å². The highest BCUT2D eigenvalue weighted by molar-refractivity contribution is 6.02. The Hall–Kier alpha value is -3.83. The number of carbonyl (C=O) groups excluding carboxylic acids is 2. The largest absolute Gasteiger partial charge is 0.299 e. The number of amides is 1. The number of hydrogen-bond donors (Lipinski definition) is 0. The smallest absolute Gasteiger partial charge is 0.249 e. The van der Waals surface area contributed by atoms with E-state index >= 15 is 0 Å². The normalized spacial score (nSPS) is 11.4. The molecule has 0 aliphatic heterocycles. The SMILES string of the molecule is CC(=O)C(c1ccncc1)c1ccc(-c2ccc(F)cc2)c(C(=O)N=[N+]=[N-])c1. The second-order valence-electron chi connectivity index (χ2n) is 6.13. The van der Waals surface area contributed by atoms with Gasteiger partial charge >= 0.3 is 0 Å². The van der Waals surface area contributed by atoms with Gasteiger partial charge in [-0.05, 0) is 70.2 Å². The van der Waals surface area contributed by atoms with Crippen LogP contribution in [-0.2, 0) is 4.79 Å². The lowest BCUT2D eigenvalue weighted by Gasteiger charge is -2.17. The zero-order valence-electron chi connectivity index (χ0n) is 14.9. The first-order valence-corrected chi connectivity index (χ1v) is 8.41. The molecule has 0 fully saturated rings. The fourth-order valence-electron chi connectivity index (χ4n) is 3.11. The third kappa shape index (κ3) is 3.95. The topological polar surface area (TPSA) is 95.8 Å². The summed E-state index contributed by atoms with van der Waals surface area (Å²) in [4.78, 5) is 31.2. The summed E-state index contributed by atoms with van der Waals surface area (Å²) in [5, 5.41) is 3.19. The van der Waals surface area contributed by atoms with Gasteiger partial charge in [-0.2, -0.15) is 0 Å². The quantitative estimate of drug-likeness (QED) is 0.355. The number of azide groups is 1. The standard InChI is InChI=1S/C21H15FN4O2/c1-13(27)20(15-8-10-24-11-9-15)16-4-7-18(14-2-5-17(22)6-3-14)19(12-16)21(28)25-26-23/h2-12,20H,1H3. The Balaban J connectivity index is 2.18. The van der Waals surface area contributed by atoms with E-state index in [2.05, 4.69) is 15.0 Å². The number of aromatic nitrogens is 1. The number of rotatable bonds is 5. The second-order valence-corrected chi connectivity index (χ2v) is 6.13. The molecule has 2 aromatic carbocycles. The van der Waals surface area contributed by atoms with Gasteiger partial charge in [0.2, 0.25) is 5.91 Å². The molecule has 28 heavy (non-hydrogen) atoms. The maximum atomic E-state index is 13.3. The van der Waals surface area contributed by atoms with Gasteiger partial charge in [-0.3, -0.25) is 14.6 Å². The zero-order valence-corrected chi connectivity index (χ0v) is 14.9. The lowest BCUT2D eigenvalue weighted by molar-refractivity contribution is -0.117. The Bertz CT molecular complexity index is 1080. The van der Waals surface area contributed by atoms with Crippen LogP contribution in [0.4, 0.5) is 4.39 Å². The Kier molecular flexibility index (Phi) is 5.58. The van der Waals surface area contributed by atoms with Crippen molar-refractivity contribution in [2.75, 3.05) is 0 Å². The maximum Gasteiger partial charge on any atom is 0.249 e. The molecule has 138 valence electrons. The summed E-state index contributed by atoms with van der Waals surface area (Å²) >= 11 is 0. The molecule has 1 heterocycles. The molecule has 0 saturated carbocycles. The van der Waals surface area contributed by atoms with Crippen molar-refractivity contribution < 1.29 is 14.0 Å². The Morgan fingerprint density at radius 3 is 2.32 bits per heavy atom. The van der Waals surface area contributed by atoms with Gasteiger partial charge in [0.15, 0.2) is 0 Å². The molecule has 1 amide bonds. The molecular weight excluding hydrogens is 359 g/mol. The Labute approximate surface area is 160 Å². The molecule has 1 aromatic heterocycles. The number of ketones is 1. The van der Waals surface area contributed by atoms with Gasteiger partial charge in [0, 0.05) is 22.9 Å². The van der Waals surface area contributed by atoms with Crippen molar-refractivity contribution in [3.63, 3.8) is 0 Å². The molecule has 6 nitrogen and oxygen atoms in total. The highest BCUT2D eigenvalue weighted by atomic mass is 19.1. The van der Waals surface area contributed by atoms with Gasteiger partial charge in [0.1, 0.15) is 11.6 Å². The lowest BCUT2D eigenvalue weighted by Crippen LogP contribution is -2.12. The van der Waals surface area contributed by atoms with Crippen LogP contribution in [0.5, 0.6) is 0 Å². The van der Waals surface area contributed by atoms with Crippen LogP contribution in [0.3, 0.4) is 0 Å². The summed E-state index contributed by atoms with van der Waals surface area (Å²) in [7, 11) is 0. The molecule has 3 rings (SSSR count). The van der Waals surface area contributed by atoms with Gasteiger partial charge in [0.25, 0.3) is 0 Å². The van der Waals surface area contributed by atoms with E-state index < -0.39 is 17.6 Å². The van der Waals surface area contributed by atoms with Crippen LogP contribution in [0.1, 0.15) is 34.3 Å². The zero-order chi connectivity index (χ0) is 20.1. The van der Waals surface area contributed by atoms with Crippen molar-refractivity contribution in [3.05, 3.63) is 99.9 Å². The first-order chi connectivity index (χ1) is 13.5. The average Bonchev–Trinajstić information content (AvgIpc) is 2.69. The van der Waals surface area contributed by atoms with Crippen LogP contribution >= 0.6 is 0 Å². The molecule has 3 aromatic rings. The molecule has 7 heteroatoms. The van der Waals surface area contributed by atoms with E-state index in [-0.39, 0.29) is 11.3 Å². The fraction of sp³-hybridized carbons (Fsp3) is 0.0952. The van der Waals surface area contributed by atoms with Crippen molar-refractivity contribution in [2.24, 2.45) is 5.11 Å². The highest BCUT2D eigenvalue weighted by Crippen LogP contribution is 2.31. The summed E-state index contributed by atoms with van der Waals surface area (Å²) in [5.41, 5.74) is 11.2. The average molecular weight is 374 g/mol. The van der Waals surface area contributed by atoms with Gasteiger partial charge in [-0.1, -0.05) is 24.3 Å². The molecule has 0 N–H and O–H groups in total. The number of benzene rings is 2. The predicted molar refractivity (Wildman–Crippen MR) is 102 cm³/mol. The van der Waals surface area contributed by atoms with Crippen LogP contribution in [-0.4, -0.2) is 16.7 Å². The van der Waals surface area contributed by atoms with Gasteiger partial charge < -0.3 is 0 Å². The Morgan fingerprint density at radius 2 is 1.71 bits per heavy atom. The third-order valence-corrected chi connectivity index (χ3v) is 4.34. The van der Waals surface area contributed by atoms with Crippen LogP contribution in [0.25, 0.3) is 21.6 Å². The number of hydrogen-bond acceptors (Lipinski definition) is 3. The summed E-state index contributed by atoms with van der Waals surface area (Å²) in [6.07, 6.45) is 3.17. The Morgan fingerprint density at radius 1 is 1.04 bits per heavy atom. The van der Waals surface area contributed by atoms with Gasteiger partial charge in [-0.25, -0.2) is 4.39 Å². The second kappa shape index (κ2) is 8.24. The van der Waals surface area contributed by atoms with E-state index in [4.69, 9.17) is 5.53 Å². The van der Waals surface area contributed by atoms with Crippen molar-refractivity contribution in [1.29, 1.82) is 0 Å². The summed E-state index contributed by atoms with van der Waals surface area (Å²) in [6.45, 7) is 1.47. The third-order valence-electron chi connectivity index (χ3n) is 4.34. The van der Waals surface area contributed by atoms with Crippen molar-refractivity contribution >= 4 is 11.7 Å². The summed E-state index contributed by atoms with van der Waals surface area (Å²) in [6, 6.07) is 14.0. The summed E-state index contributed by atoms with van der Waals surface area (Å²) < 4.78 is 13.3. The molecule has 0 bridgehead atoms. The molecule has 0 aliphatic rings. The minimum absolute atomic E-state index is 0.108. The van der Waals surface area contributed by atoms with Gasteiger partial charge in [-0.15, -0.1) is 0 Å². The maximum absolute atomic E-state index is 13.3.